The summed E-state index contributed by atoms with van der Waals surface area (Å²) in [4.78, 5) is 19.0. The largest absolute Gasteiger partial charge is 0.494 e. The van der Waals surface area contributed by atoms with Crippen molar-refractivity contribution in [2.24, 2.45) is 0 Å². The van der Waals surface area contributed by atoms with Gasteiger partial charge in [-0.2, -0.15) is 0 Å². The van der Waals surface area contributed by atoms with Gasteiger partial charge in [0.15, 0.2) is 0 Å². The summed E-state index contributed by atoms with van der Waals surface area (Å²) in [5.74, 6) is 0.886. The van der Waals surface area contributed by atoms with E-state index in [1.807, 2.05) is 34.5 Å². The third kappa shape index (κ3) is 3.94. The van der Waals surface area contributed by atoms with Gasteiger partial charge in [-0.1, -0.05) is 6.92 Å². The van der Waals surface area contributed by atoms with Crippen LogP contribution in [0.4, 0.5) is 0 Å². The lowest BCUT2D eigenvalue weighted by Crippen LogP contribution is -2.51. The summed E-state index contributed by atoms with van der Waals surface area (Å²) < 4.78 is 5.60. The van der Waals surface area contributed by atoms with Gasteiger partial charge in [0, 0.05) is 36.6 Å². The van der Waals surface area contributed by atoms with E-state index < -0.39 is 0 Å². The summed E-state index contributed by atoms with van der Waals surface area (Å²) in [5, 5.41) is 6.06. The maximum Gasteiger partial charge on any atom is 0.273 e. The van der Waals surface area contributed by atoms with Crippen LogP contribution in [0.5, 0.6) is 5.75 Å². The third-order valence-corrected chi connectivity index (χ3v) is 4.84. The molecule has 0 bridgehead atoms. The second-order valence-electron chi connectivity index (χ2n) is 6.02. The number of hydrogen-bond donors (Lipinski definition) is 1. The summed E-state index contributed by atoms with van der Waals surface area (Å²) in [6, 6.07) is 8.21. The zero-order valence-corrected chi connectivity index (χ0v) is 14.9. The number of ether oxygens (including phenoxy) is 1. The highest BCUT2D eigenvalue weighted by Crippen LogP contribution is 2.26. The van der Waals surface area contributed by atoms with E-state index in [0.717, 1.165) is 49.0 Å². The fourth-order valence-electron chi connectivity index (χ4n) is 2.70. The van der Waals surface area contributed by atoms with Crippen LogP contribution < -0.4 is 10.1 Å². The summed E-state index contributed by atoms with van der Waals surface area (Å²) in [6.07, 6.45) is 0.990. The van der Waals surface area contributed by atoms with Gasteiger partial charge in [-0.3, -0.25) is 4.79 Å². The van der Waals surface area contributed by atoms with Crippen molar-refractivity contribution >= 4 is 17.2 Å². The Morgan fingerprint density at radius 2 is 2.21 bits per heavy atom. The van der Waals surface area contributed by atoms with Crippen LogP contribution in [0, 0.1) is 0 Å². The monoisotopic (exact) mass is 345 g/mol. The molecule has 1 aliphatic heterocycles. The van der Waals surface area contributed by atoms with E-state index in [-0.39, 0.29) is 5.91 Å². The number of carbonyl (C=O) groups excluding carboxylic acids is 1. The van der Waals surface area contributed by atoms with E-state index in [2.05, 4.69) is 24.1 Å². The van der Waals surface area contributed by atoms with Crippen LogP contribution in [-0.4, -0.2) is 48.1 Å². The van der Waals surface area contributed by atoms with Crippen LogP contribution in [0.3, 0.4) is 0 Å². The molecular formula is C18H23N3O2S. The predicted molar refractivity (Wildman–Crippen MR) is 96.7 cm³/mol. The fraction of sp³-hybridized carbons (Fsp3) is 0.444. The molecule has 3 rings (SSSR count). The van der Waals surface area contributed by atoms with Crippen molar-refractivity contribution in [3.63, 3.8) is 0 Å². The molecule has 0 aliphatic carbocycles. The van der Waals surface area contributed by atoms with E-state index in [4.69, 9.17) is 4.74 Å². The molecule has 1 amide bonds. The van der Waals surface area contributed by atoms with Crippen LogP contribution >= 0.6 is 11.3 Å². The molecule has 0 spiro atoms. The minimum Gasteiger partial charge on any atom is -0.494 e. The minimum absolute atomic E-state index is 0.0220. The Kier molecular flexibility index (Phi) is 5.48. The average Bonchev–Trinajstić information content (AvgIpc) is 3.10. The highest BCUT2D eigenvalue weighted by molar-refractivity contribution is 7.13. The summed E-state index contributed by atoms with van der Waals surface area (Å²) in [6.45, 7) is 7.20. The Morgan fingerprint density at radius 3 is 2.92 bits per heavy atom. The van der Waals surface area contributed by atoms with Gasteiger partial charge in [0.25, 0.3) is 5.91 Å². The van der Waals surface area contributed by atoms with Gasteiger partial charge in [-0.25, -0.2) is 4.98 Å². The molecule has 2 aromatic rings. The third-order valence-electron chi connectivity index (χ3n) is 3.95. The molecule has 1 aromatic carbocycles. The Morgan fingerprint density at radius 1 is 1.42 bits per heavy atom. The fourth-order valence-corrected chi connectivity index (χ4v) is 3.50. The average molecular weight is 345 g/mol. The molecule has 1 fully saturated rings. The van der Waals surface area contributed by atoms with Crippen molar-refractivity contribution < 1.29 is 9.53 Å². The van der Waals surface area contributed by atoms with Crippen LogP contribution in [0.15, 0.2) is 29.6 Å². The number of hydrogen-bond acceptors (Lipinski definition) is 5. The number of nitrogens with one attached hydrogen (secondary N) is 1. The van der Waals surface area contributed by atoms with Crippen molar-refractivity contribution in [2.75, 3.05) is 26.2 Å². The topological polar surface area (TPSA) is 54.5 Å². The van der Waals surface area contributed by atoms with E-state index in [0.29, 0.717) is 11.7 Å². The van der Waals surface area contributed by atoms with Crippen LogP contribution in [-0.2, 0) is 0 Å². The molecule has 1 aromatic heterocycles. The molecule has 1 atom stereocenters. The molecule has 24 heavy (non-hydrogen) atoms. The number of benzene rings is 1. The van der Waals surface area contributed by atoms with Gasteiger partial charge in [-0.15, -0.1) is 11.3 Å². The number of carbonyl (C=O) groups is 1. The van der Waals surface area contributed by atoms with Gasteiger partial charge in [0.05, 0.1) is 6.61 Å². The van der Waals surface area contributed by atoms with E-state index in [9.17, 15) is 4.79 Å². The number of piperazine rings is 1. The van der Waals surface area contributed by atoms with E-state index in [1.165, 1.54) is 11.3 Å². The van der Waals surface area contributed by atoms with Crippen molar-refractivity contribution in [3.05, 3.63) is 35.3 Å². The van der Waals surface area contributed by atoms with E-state index in [1.54, 1.807) is 0 Å². The molecule has 0 saturated carbocycles. The Balaban J connectivity index is 1.69. The molecule has 0 radical (unpaired) electrons. The highest BCUT2D eigenvalue weighted by atomic mass is 32.1. The van der Waals surface area contributed by atoms with Crippen LogP contribution in [0.1, 0.15) is 30.8 Å². The SMILES string of the molecule is CCCOc1ccc(-c2nc(C(=O)N3CCNC(C)C3)cs2)cc1. The molecule has 2 heterocycles. The van der Waals surface area contributed by atoms with E-state index >= 15 is 0 Å². The Bertz CT molecular complexity index is 684. The molecule has 5 nitrogen and oxygen atoms in total. The number of amides is 1. The smallest absolute Gasteiger partial charge is 0.273 e. The van der Waals surface area contributed by atoms with Gasteiger partial charge in [-0.05, 0) is 37.6 Å². The van der Waals surface area contributed by atoms with Crippen LogP contribution in [0.25, 0.3) is 10.6 Å². The van der Waals surface area contributed by atoms with Crippen molar-refractivity contribution in [1.82, 2.24) is 15.2 Å². The zero-order chi connectivity index (χ0) is 16.9. The summed E-state index contributed by atoms with van der Waals surface area (Å²) in [5.41, 5.74) is 1.55. The molecule has 128 valence electrons. The maximum atomic E-state index is 12.6. The first kappa shape index (κ1) is 16.9. The second-order valence-corrected chi connectivity index (χ2v) is 6.88. The summed E-state index contributed by atoms with van der Waals surface area (Å²) in [7, 11) is 0. The van der Waals surface area contributed by atoms with Crippen molar-refractivity contribution in [1.29, 1.82) is 0 Å². The first-order valence-electron chi connectivity index (χ1n) is 8.39. The first-order chi connectivity index (χ1) is 11.7. The van der Waals surface area contributed by atoms with Gasteiger partial charge in [0.1, 0.15) is 16.5 Å². The quantitative estimate of drug-likeness (QED) is 0.905. The zero-order valence-electron chi connectivity index (χ0n) is 14.1. The lowest BCUT2D eigenvalue weighted by atomic mass is 10.2. The molecule has 1 aliphatic rings. The second kappa shape index (κ2) is 7.77. The molecule has 6 heteroatoms. The van der Waals surface area contributed by atoms with Crippen molar-refractivity contribution in [2.45, 2.75) is 26.3 Å². The predicted octanol–water partition coefficient (Wildman–Crippen LogP) is 3.03. The lowest BCUT2D eigenvalue weighted by molar-refractivity contribution is 0.0704. The lowest BCUT2D eigenvalue weighted by Gasteiger charge is -2.31. The maximum absolute atomic E-state index is 12.6. The summed E-state index contributed by atoms with van der Waals surface area (Å²) >= 11 is 1.50. The molecule has 1 saturated heterocycles. The Labute approximate surface area is 146 Å². The standard InChI is InChI=1S/C18H23N3O2S/c1-3-10-23-15-6-4-14(5-7-15)17-20-16(12-24-17)18(22)21-9-8-19-13(2)11-21/h4-7,12-13,19H,3,8-11H2,1-2H3. The Hall–Kier alpha value is -1.92. The van der Waals surface area contributed by atoms with Gasteiger partial charge >= 0.3 is 0 Å². The number of rotatable bonds is 5. The first-order valence-corrected chi connectivity index (χ1v) is 9.26. The number of thiazole rings is 1. The minimum atomic E-state index is 0.0220. The molecule has 1 N–H and O–H groups in total. The van der Waals surface area contributed by atoms with Crippen LogP contribution in [0.2, 0.25) is 0 Å². The number of aromatic nitrogens is 1. The van der Waals surface area contributed by atoms with Gasteiger partial charge < -0.3 is 15.0 Å². The molecule has 1 unspecified atom stereocenters. The van der Waals surface area contributed by atoms with Gasteiger partial charge in [0.2, 0.25) is 0 Å². The normalized spacial score (nSPS) is 17.8. The molecular weight excluding hydrogens is 322 g/mol. The highest BCUT2D eigenvalue weighted by Gasteiger charge is 2.23. The number of nitrogens with zero attached hydrogens (tertiary/aromatic N) is 2. The van der Waals surface area contributed by atoms with Crippen molar-refractivity contribution in [3.8, 4) is 16.3 Å².